The van der Waals surface area contributed by atoms with Gasteiger partial charge in [-0.05, 0) is 43.5 Å². The lowest BCUT2D eigenvalue weighted by Gasteiger charge is -2.26. The van der Waals surface area contributed by atoms with Crippen LogP contribution in [0.3, 0.4) is 0 Å². The van der Waals surface area contributed by atoms with Crippen LogP contribution in [0.25, 0.3) is 0 Å². The van der Waals surface area contributed by atoms with E-state index in [-0.39, 0.29) is 0 Å². The summed E-state index contributed by atoms with van der Waals surface area (Å²) in [6, 6.07) is 7.01. The molecule has 0 unspecified atom stereocenters. The van der Waals surface area contributed by atoms with E-state index in [2.05, 4.69) is 22.9 Å². The summed E-state index contributed by atoms with van der Waals surface area (Å²) < 4.78 is 11.9. The minimum absolute atomic E-state index is 0.357. The van der Waals surface area contributed by atoms with Crippen LogP contribution < -0.4 is 4.74 Å². The van der Waals surface area contributed by atoms with Crippen molar-refractivity contribution in [2.45, 2.75) is 111 Å². The summed E-state index contributed by atoms with van der Waals surface area (Å²) in [6.45, 7) is 6.28. The third-order valence-corrected chi connectivity index (χ3v) is 6.77. The maximum absolute atomic E-state index is 12.8. The average Bonchev–Trinajstić information content (AvgIpc) is 2.79. The largest absolute Gasteiger partial charge is 0.465 e. The molecule has 0 bridgehead atoms. The van der Waals surface area contributed by atoms with Crippen molar-refractivity contribution < 1.29 is 19.1 Å². The Labute approximate surface area is 204 Å². The molecule has 0 fully saturated rings. The highest BCUT2D eigenvalue weighted by Gasteiger charge is 2.46. The van der Waals surface area contributed by atoms with Crippen molar-refractivity contribution in [2.75, 3.05) is 6.61 Å². The Morgan fingerprint density at radius 2 is 1.19 bits per heavy atom. The van der Waals surface area contributed by atoms with Crippen LogP contribution in [-0.4, -0.2) is 18.5 Å². The molecule has 1 aromatic rings. The summed E-state index contributed by atoms with van der Waals surface area (Å²) >= 11 is 3.36. The van der Waals surface area contributed by atoms with Crippen LogP contribution in [0.1, 0.15) is 111 Å². The summed E-state index contributed by atoms with van der Waals surface area (Å²) in [5.74, 6) is -0.574. The van der Waals surface area contributed by atoms with Crippen molar-refractivity contribution in [3.63, 3.8) is 0 Å². The molecule has 0 aliphatic heterocycles. The van der Waals surface area contributed by atoms with Crippen molar-refractivity contribution in [3.05, 3.63) is 28.7 Å². The number of carbonyl (C=O) groups is 2. The Balaban J connectivity index is 2.25. The number of esters is 2. The second-order valence-corrected chi connectivity index (χ2v) is 9.57. The van der Waals surface area contributed by atoms with Crippen LogP contribution in [0.4, 0.5) is 0 Å². The van der Waals surface area contributed by atoms with Gasteiger partial charge in [-0.25, -0.2) is 0 Å². The van der Waals surface area contributed by atoms with Crippen LogP contribution in [0.2, 0.25) is 0 Å². The zero-order valence-corrected chi connectivity index (χ0v) is 22.0. The summed E-state index contributed by atoms with van der Waals surface area (Å²) in [5, 5.41) is 0. The second kappa shape index (κ2) is 17.2. The van der Waals surface area contributed by atoms with Gasteiger partial charge in [0.15, 0.2) is 5.41 Å². The smallest absolute Gasteiger partial charge is 0.328 e. The minimum atomic E-state index is -1.25. The van der Waals surface area contributed by atoms with Crippen LogP contribution >= 0.6 is 15.9 Å². The standard InChI is InChI=1S/C27H43BrO4/c1-4-7-8-9-10-11-12-13-14-15-16-17-22-31-25(29)27(5-2,6-3)26(30)32-24-20-18-23(28)19-21-24/h18-21H,4-17,22H2,1-3H3. The van der Waals surface area contributed by atoms with Crippen LogP contribution in [-0.2, 0) is 14.3 Å². The summed E-state index contributed by atoms with van der Waals surface area (Å²) in [4.78, 5) is 25.6. The van der Waals surface area contributed by atoms with Gasteiger partial charge in [-0.1, -0.05) is 107 Å². The van der Waals surface area contributed by atoms with E-state index in [4.69, 9.17) is 9.47 Å². The van der Waals surface area contributed by atoms with Gasteiger partial charge in [-0.2, -0.15) is 0 Å². The lowest BCUT2D eigenvalue weighted by molar-refractivity contribution is -0.168. The maximum Gasteiger partial charge on any atom is 0.328 e. The molecule has 0 heterocycles. The van der Waals surface area contributed by atoms with Gasteiger partial charge in [0, 0.05) is 4.47 Å². The second-order valence-electron chi connectivity index (χ2n) is 8.66. The lowest BCUT2D eigenvalue weighted by Crippen LogP contribution is -2.42. The third kappa shape index (κ3) is 10.5. The minimum Gasteiger partial charge on any atom is -0.465 e. The Bertz CT molecular complexity index is 638. The molecule has 0 atom stereocenters. The molecule has 0 saturated carbocycles. The first-order valence-electron chi connectivity index (χ1n) is 12.6. The SMILES string of the molecule is CCCCCCCCCCCCCCOC(=O)C(CC)(CC)C(=O)Oc1ccc(Br)cc1. The number of hydrogen-bond acceptors (Lipinski definition) is 4. The molecular formula is C27H43BrO4. The molecule has 0 aliphatic carbocycles. The van der Waals surface area contributed by atoms with Gasteiger partial charge in [0.2, 0.25) is 0 Å². The van der Waals surface area contributed by atoms with Crippen molar-refractivity contribution in [2.24, 2.45) is 5.41 Å². The molecule has 0 N–H and O–H groups in total. The van der Waals surface area contributed by atoms with Gasteiger partial charge in [0.05, 0.1) is 6.61 Å². The Morgan fingerprint density at radius 3 is 1.66 bits per heavy atom. The molecule has 32 heavy (non-hydrogen) atoms. The summed E-state index contributed by atoms with van der Waals surface area (Å²) in [6.07, 6.45) is 15.8. The van der Waals surface area contributed by atoms with Crippen LogP contribution in [0, 0.1) is 5.41 Å². The fourth-order valence-electron chi connectivity index (χ4n) is 3.86. The molecular weight excluding hydrogens is 468 g/mol. The number of ether oxygens (including phenoxy) is 2. The van der Waals surface area contributed by atoms with E-state index < -0.39 is 17.4 Å². The van der Waals surface area contributed by atoms with Gasteiger partial charge in [0.25, 0.3) is 0 Å². The molecule has 0 spiro atoms. The number of hydrogen-bond donors (Lipinski definition) is 0. The fraction of sp³-hybridized carbons (Fsp3) is 0.704. The first-order chi connectivity index (χ1) is 15.5. The first-order valence-corrected chi connectivity index (χ1v) is 13.4. The van der Waals surface area contributed by atoms with Crippen molar-refractivity contribution >= 4 is 27.9 Å². The number of rotatable bonds is 18. The van der Waals surface area contributed by atoms with Crippen LogP contribution in [0.5, 0.6) is 5.75 Å². The molecule has 5 heteroatoms. The highest BCUT2D eigenvalue weighted by atomic mass is 79.9. The molecule has 0 aliphatic rings. The Kier molecular flexibility index (Phi) is 15.4. The monoisotopic (exact) mass is 510 g/mol. The van der Waals surface area contributed by atoms with Gasteiger partial charge >= 0.3 is 11.9 Å². The van der Waals surface area contributed by atoms with E-state index >= 15 is 0 Å². The zero-order valence-electron chi connectivity index (χ0n) is 20.4. The normalized spacial score (nSPS) is 11.4. The fourth-order valence-corrected chi connectivity index (χ4v) is 4.13. The van der Waals surface area contributed by atoms with Gasteiger partial charge in [0.1, 0.15) is 5.75 Å². The Morgan fingerprint density at radius 1 is 0.719 bits per heavy atom. The number of benzene rings is 1. The molecule has 1 aromatic carbocycles. The predicted octanol–water partition coefficient (Wildman–Crippen LogP) is 8.41. The van der Waals surface area contributed by atoms with Crippen molar-refractivity contribution in [1.29, 1.82) is 0 Å². The molecule has 0 radical (unpaired) electrons. The van der Waals surface area contributed by atoms with Crippen molar-refractivity contribution in [1.82, 2.24) is 0 Å². The highest BCUT2D eigenvalue weighted by Crippen LogP contribution is 2.31. The average molecular weight is 512 g/mol. The predicted molar refractivity (Wildman–Crippen MR) is 135 cm³/mol. The zero-order chi connectivity index (χ0) is 23.7. The van der Waals surface area contributed by atoms with Crippen molar-refractivity contribution in [3.8, 4) is 5.75 Å². The van der Waals surface area contributed by atoms with E-state index in [1.165, 1.54) is 64.2 Å². The van der Waals surface area contributed by atoms with Gasteiger partial charge < -0.3 is 9.47 Å². The topological polar surface area (TPSA) is 52.6 Å². The molecule has 1 rings (SSSR count). The number of carbonyl (C=O) groups excluding carboxylic acids is 2. The third-order valence-electron chi connectivity index (χ3n) is 6.24. The molecule has 0 saturated heterocycles. The van der Waals surface area contributed by atoms with E-state index in [0.29, 0.717) is 25.2 Å². The number of unbranched alkanes of at least 4 members (excludes halogenated alkanes) is 11. The summed E-state index contributed by atoms with van der Waals surface area (Å²) in [5.41, 5.74) is -1.25. The molecule has 0 aromatic heterocycles. The highest BCUT2D eigenvalue weighted by molar-refractivity contribution is 9.10. The van der Waals surface area contributed by atoms with E-state index in [1.807, 2.05) is 13.8 Å². The molecule has 0 amide bonds. The van der Waals surface area contributed by atoms with Crippen LogP contribution in [0.15, 0.2) is 28.7 Å². The maximum atomic E-state index is 12.8. The molecule has 4 nitrogen and oxygen atoms in total. The lowest BCUT2D eigenvalue weighted by atomic mass is 9.82. The van der Waals surface area contributed by atoms with Gasteiger partial charge in [-0.15, -0.1) is 0 Å². The quantitative estimate of drug-likeness (QED) is 0.0859. The molecule has 182 valence electrons. The van der Waals surface area contributed by atoms with Gasteiger partial charge in [-0.3, -0.25) is 9.59 Å². The Hall–Kier alpha value is -1.36. The van der Waals surface area contributed by atoms with E-state index in [0.717, 1.165) is 17.3 Å². The summed E-state index contributed by atoms with van der Waals surface area (Å²) in [7, 11) is 0. The van der Waals surface area contributed by atoms with E-state index in [1.54, 1.807) is 24.3 Å². The first kappa shape index (κ1) is 28.7. The number of halogens is 1. The van der Waals surface area contributed by atoms with E-state index in [9.17, 15) is 9.59 Å².